The number of carboxylic acid groups (broad SMARTS) is 1. The predicted octanol–water partition coefficient (Wildman–Crippen LogP) is 0.191. The monoisotopic (exact) mass is 577 g/mol. The van der Waals surface area contributed by atoms with Crippen molar-refractivity contribution in [3.63, 3.8) is 0 Å². The number of aromatic nitrogens is 5. The third-order valence-electron chi connectivity index (χ3n) is 6.18. The summed E-state index contributed by atoms with van der Waals surface area (Å²) in [7, 11) is 0. The highest BCUT2D eigenvalue weighted by molar-refractivity contribution is 8.01. The first-order chi connectivity index (χ1) is 18.7. The lowest BCUT2D eigenvalue weighted by atomic mass is 9.84. The second kappa shape index (κ2) is 12.0. The standard InChI is InChI=1S/C22H27N9O6S2/c1-11(2)7-37-28-15(13-5-4-6-14(24-13)23-10-32)17(33)25-16-18(34)31-8-22(20(35)36,9-38-19(16)31)12(3)39-21-26-29-30-27-21/h4-6,10-12,16,19H,7-9H2,1-3H3,(H,25,33)(H,35,36)(H,23,24,32)(H,26,27,29,30)/t12?,16?,19-,22?/m1/s1. The normalized spacial score (nSPS) is 23.4. The number of carboxylic acids is 1. The van der Waals surface area contributed by atoms with Crippen LogP contribution >= 0.6 is 23.5 Å². The van der Waals surface area contributed by atoms with Crippen molar-refractivity contribution >= 4 is 59.2 Å². The third kappa shape index (κ3) is 5.98. The molecule has 0 spiro atoms. The Morgan fingerprint density at radius 2 is 2.21 bits per heavy atom. The summed E-state index contributed by atoms with van der Waals surface area (Å²) in [5.41, 5.74) is -1.29. The summed E-state index contributed by atoms with van der Waals surface area (Å²) < 4.78 is 0. The molecule has 2 aromatic rings. The Morgan fingerprint density at radius 1 is 1.41 bits per heavy atom. The van der Waals surface area contributed by atoms with Gasteiger partial charge < -0.3 is 25.5 Å². The number of pyridine rings is 1. The number of carbonyl (C=O) groups excluding carboxylic acids is 3. The second-order valence-electron chi connectivity index (χ2n) is 9.33. The molecule has 0 bridgehead atoms. The number of carbonyl (C=O) groups is 4. The van der Waals surface area contributed by atoms with Crippen LogP contribution < -0.4 is 10.6 Å². The first kappa shape index (κ1) is 28.3. The molecule has 0 aliphatic carbocycles. The number of oxime groups is 1. The number of hydrogen-bond donors (Lipinski definition) is 4. The molecule has 17 heteroatoms. The first-order valence-corrected chi connectivity index (χ1v) is 13.8. The Kier molecular flexibility index (Phi) is 8.69. The highest BCUT2D eigenvalue weighted by atomic mass is 32.2. The topological polar surface area (TPSA) is 205 Å². The molecule has 4 N–H and O–H groups in total. The van der Waals surface area contributed by atoms with E-state index in [-0.39, 0.29) is 42.0 Å². The number of rotatable bonds is 12. The van der Waals surface area contributed by atoms with Gasteiger partial charge in [-0.3, -0.25) is 19.2 Å². The number of nitrogens with one attached hydrogen (secondary N) is 3. The van der Waals surface area contributed by atoms with Gasteiger partial charge in [-0.1, -0.05) is 43.8 Å². The number of aromatic amines is 1. The van der Waals surface area contributed by atoms with Crippen molar-refractivity contribution in [3.8, 4) is 0 Å². The van der Waals surface area contributed by atoms with Crippen LogP contribution in [0.2, 0.25) is 0 Å². The van der Waals surface area contributed by atoms with E-state index in [1.807, 2.05) is 13.8 Å². The van der Waals surface area contributed by atoms with E-state index >= 15 is 0 Å². The Bertz CT molecular complexity index is 1260. The SMILES string of the molecule is CC(C)CON=C(C(=O)NC1C(=O)N2CC(C(=O)O)(C(C)Sc3nn[nH]n3)CS[C@H]12)c1cccc(NC=O)n1. The van der Waals surface area contributed by atoms with Gasteiger partial charge in [0, 0.05) is 17.5 Å². The van der Waals surface area contributed by atoms with Crippen molar-refractivity contribution in [2.24, 2.45) is 16.5 Å². The molecule has 3 amide bonds. The number of H-pyrrole nitrogens is 1. The molecule has 4 heterocycles. The molecule has 2 saturated heterocycles. The number of anilines is 1. The molecule has 2 aliphatic rings. The highest BCUT2D eigenvalue weighted by Crippen LogP contribution is 2.47. The van der Waals surface area contributed by atoms with Gasteiger partial charge in [0.15, 0.2) is 5.71 Å². The molecule has 2 aliphatic heterocycles. The highest BCUT2D eigenvalue weighted by Gasteiger charge is 2.59. The second-order valence-corrected chi connectivity index (χ2v) is 11.7. The van der Waals surface area contributed by atoms with Gasteiger partial charge in [-0.15, -0.1) is 22.0 Å². The van der Waals surface area contributed by atoms with Gasteiger partial charge >= 0.3 is 5.97 Å². The number of tetrazole rings is 1. The van der Waals surface area contributed by atoms with Gasteiger partial charge in [0.25, 0.3) is 5.91 Å². The summed E-state index contributed by atoms with van der Waals surface area (Å²) in [5.74, 6) is -1.58. The van der Waals surface area contributed by atoms with Crippen molar-refractivity contribution in [2.45, 2.75) is 42.6 Å². The molecule has 3 unspecified atom stereocenters. The average Bonchev–Trinajstić information content (AvgIpc) is 3.42. The molecule has 4 atom stereocenters. The lowest BCUT2D eigenvalue weighted by molar-refractivity contribution is -0.158. The number of β-lactam (4-membered cyclic amide) rings is 1. The lowest BCUT2D eigenvalue weighted by Gasteiger charge is -2.54. The molecular formula is C22H27N9O6S2. The zero-order chi connectivity index (χ0) is 28.2. The Hall–Kier alpha value is -3.73. The van der Waals surface area contributed by atoms with E-state index in [4.69, 9.17) is 4.84 Å². The number of hydrogen-bond acceptors (Lipinski definition) is 12. The van der Waals surface area contributed by atoms with Gasteiger partial charge in [0.05, 0.1) is 0 Å². The fourth-order valence-corrected chi connectivity index (χ4v) is 6.75. The lowest BCUT2D eigenvalue weighted by Crippen LogP contribution is -2.74. The molecule has 0 radical (unpaired) electrons. The van der Waals surface area contributed by atoms with Crippen LogP contribution in [0.5, 0.6) is 0 Å². The van der Waals surface area contributed by atoms with Crippen LogP contribution in [0.15, 0.2) is 28.5 Å². The van der Waals surface area contributed by atoms with Crippen LogP contribution in [0, 0.1) is 11.3 Å². The van der Waals surface area contributed by atoms with Crippen molar-refractivity contribution in [3.05, 3.63) is 23.9 Å². The molecule has 0 saturated carbocycles. The van der Waals surface area contributed by atoms with Crippen LogP contribution in [0.3, 0.4) is 0 Å². The molecule has 4 rings (SSSR count). The molecule has 0 aromatic carbocycles. The van der Waals surface area contributed by atoms with Crippen molar-refractivity contribution in [2.75, 3.05) is 24.2 Å². The summed E-state index contributed by atoms with van der Waals surface area (Å²) in [4.78, 5) is 60.6. The number of thioether (sulfide) groups is 2. The van der Waals surface area contributed by atoms with E-state index in [1.165, 1.54) is 22.7 Å². The summed E-state index contributed by atoms with van der Waals surface area (Å²) in [6, 6.07) is 3.77. The number of fused-ring (bicyclic) bond motifs is 1. The van der Waals surface area contributed by atoms with E-state index < -0.39 is 39.9 Å². The smallest absolute Gasteiger partial charge is 0.313 e. The van der Waals surface area contributed by atoms with Crippen molar-refractivity contribution < 1.29 is 29.1 Å². The minimum Gasteiger partial charge on any atom is -0.481 e. The Morgan fingerprint density at radius 3 is 2.87 bits per heavy atom. The zero-order valence-electron chi connectivity index (χ0n) is 21.2. The number of aliphatic carboxylic acids is 1. The molecule has 2 aromatic heterocycles. The Labute approximate surface area is 231 Å². The molecule has 15 nitrogen and oxygen atoms in total. The summed E-state index contributed by atoms with van der Waals surface area (Å²) >= 11 is 2.44. The van der Waals surface area contributed by atoms with E-state index in [2.05, 4.69) is 41.4 Å². The third-order valence-corrected chi connectivity index (χ3v) is 8.92. The molecular weight excluding hydrogens is 550 g/mol. The van der Waals surface area contributed by atoms with Crippen LogP contribution in [-0.4, -0.2) is 101 Å². The van der Waals surface area contributed by atoms with Crippen molar-refractivity contribution in [1.29, 1.82) is 0 Å². The minimum absolute atomic E-state index is 0.0311. The quantitative estimate of drug-likeness (QED) is 0.0877. The van der Waals surface area contributed by atoms with Crippen LogP contribution in [0.1, 0.15) is 26.5 Å². The fourth-order valence-electron chi connectivity index (χ4n) is 3.99. The Balaban J connectivity index is 1.48. The first-order valence-electron chi connectivity index (χ1n) is 11.9. The maximum atomic E-state index is 13.3. The largest absolute Gasteiger partial charge is 0.481 e. The zero-order valence-corrected chi connectivity index (χ0v) is 22.9. The van der Waals surface area contributed by atoms with E-state index in [1.54, 1.807) is 19.1 Å². The van der Waals surface area contributed by atoms with E-state index in [9.17, 15) is 24.3 Å². The maximum absolute atomic E-state index is 13.3. The molecule has 39 heavy (non-hydrogen) atoms. The average molecular weight is 578 g/mol. The maximum Gasteiger partial charge on any atom is 0.313 e. The number of amides is 3. The number of nitrogens with zero attached hydrogens (tertiary/aromatic N) is 6. The summed E-state index contributed by atoms with van der Waals surface area (Å²) in [5, 5.41) is 32.2. The minimum atomic E-state index is -1.26. The van der Waals surface area contributed by atoms with Crippen molar-refractivity contribution in [1.82, 2.24) is 35.8 Å². The van der Waals surface area contributed by atoms with Gasteiger partial charge in [-0.25, -0.2) is 4.98 Å². The molecule has 208 valence electrons. The van der Waals surface area contributed by atoms with Gasteiger partial charge in [-0.05, 0) is 23.3 Å². The summed E-state index contributed by atoms with van der Waals surface area (Å²) in [6.07, 6.45) is 0.457. The molecule has 2 fully saturated rings. The van der Waals surface area contributed by atoms with Gasteiger partial charge in [0.1, 0.15) is 34.9 Å². The van der Waals surface area contributed by atoms with E-state index in [0.29, 0.717) is 11.6 Å². The van der Waals surface area contributed by atoms with Gasteiger partial charge in [-0.2, -0.15) is 5.21 Å². The van der Waals surface area contributed by atoms with Crippen LogP contribution in [-0.2, 0) is 24.0 Å². The van der Waals surface area contributed by atoms with Crippen LogP contribution in [0.4, 0.5) is 5.82 Å². The fraction of sp³-hybridized carbons (Fsp3) is 0.500. The van der Waals surface area contributed by atoms with E-state index in [0.717, 1.165) is 11.8 Å². The van der Waals surface area contributed by atoms with Gasteiger partial charge in [0.2, 0.25) is 17.5 Å². The summed E-state index contributed by atoms with van der Waals surface area (Å²) in [6.45, 7) is 5.80. The van der Waals surface area contributed by atoms with Crippen LogP contribution in [0.25, 0.3) is 0 Å². The predicted molar refractivity (Wildman–Crippen MR) is 141 cm³/mol.